The SMILES string of the molecule is O=C(NCC1CCC(n2cc3cc(-c4cncnc4)ccc3n2)CC1)c1cc(F)c(O)c(F)c1. The average molecular weight is 463 g/mol. The van der Waals surface area contributed by atoms with Gasteiger partial charge >= 0.3 is 0 Å². The van der Waals surface area contributed by atoms with Gasteiger partial charge in [-0.3, -0.25) is 9.48 Å². The van der Waals surface area contributed by atoms with Gasteiger partial charge < -0.3 is 10.4 Å². The zero-order valence-electron chi connectivity index (χ0n) is 18.3. The monoisotopic (exact) mass is 463 g/mol. The molecule has 0 atom stereocenters. The minimum absolute atomic E-state index is 0.147. The summed E-state index contributed by atoms with van der Waals surface area (Å²) in [6.45, 7) is 0.430. The lowest BCUT2D eigenvalue weighted by Gasteiger charge is -2.28. The van der Waals surface area contributed by atoms with Crippen LogP contribution in [-0.4, -0.2) is 37.3 Å². The highest BCUT2D eigenvalue weighted by molar-refractivity contribution is 5.94. The molecule has 0 bridgehead atoms. The number of carbonyl (C=O) groups is 1. The molecule has 0 radical (unpaired) electrons. The highest BCUT2D eigenvalue weighted by atomic mass is 19.1. The first-order chi connectivity index (χ1) is 16.5. The van der Waals surface area contributed by atoms with Crippen molar-refractivity contribution in [1.29, 1.82) is 0 Å². The number of halogens is 2. The third-order valence-electron chi connectivity index (χ3n) is 6.44. The fourth-order valence-corrected chi connectivity index (χ4v) is 4.51. The summed E-state index contributed by atoms with van der Waals surface area (Å²) in [5.74, 6) is -3.66. The third-order valence-corrected chi connectivity index (χ3v) is 6.44. The number of nitrogens with zero attached hydrogens (tertiary/aromatic N) is 4. The minimum Gasteiger partial charge on any atom is -0.503 e. The van der Waals surface area contributed by atoms with Crippen LogP contribution in [0, 0.1) is 17.6 Å². The Morgan fingerprint density at radius 2 is 1.74 bits per heavy atom. The summed E-state index contributed by atoms with van der Waals surface area (Å²) in [5, 5.41) is 17.8. The van der Waals surface area contributed by atoms with Crippen molar-refractivity contribution in [3.63, 3.8) is 0 Å². The van der Waals surface area contributed by atoms with Gasteiger partial charge in [-0.15, -0.1) is 0 Å². The van der Waals surface area contributed by atoms with E-state index in [9.17, 15) is 18.7 Å². The summed E-state index contributed by atoms with van der Waals surface area (Å²) in [4.78, 5) is 20.4. The molecule has 1 aliphatic rings. The van der Waals surface area contributed by atoms with Gasteiger partial charge in [0.2, 0.25) is 0 Å². The van der Waals surface area contributed by atoms with Crippen molar-refractivity contribution in [2.75, 3.05) is 6.54 Å². The first-order valence-electron chi connectivity index (χ1n) is 11.2. The van der Waals surface area contributed by atoms with Crippen LogP contribution in [0.1, 0.15) is 42.1 Å². The molecule has 1 aliphatic carbocycles. The van der Waals surface area contributed by atoms with Gasteiger partial charge in [0.05, 0.1) is 11.6 Å². The van der Waals surface area contributed by atoms with E-state index in [2.05, 4.69) is 27.5 Å². The number of phenols is 1. The maximum atomic E-state index is 13.5. The third kappa shape index (κ3) is 4.46. The van der Waals surface area contributed by atoms with Crippen LogP contribution in [0.4, 0.5) is 8.78 Å². The van der Waals surface area contributed by atoms with Crippen molar-refractivity contribution < 1.29 is 18.7 Å². The lowest BCUT2D eigenvalue weighted by molar-refractivity contribution is 0.0940. The van der Waals surface area contributed by atoms with Gasteiger partial charge in [0.15, 0.2) is 17.4 Å². The van der Waals surface area contributed by atoms with E-state index < -0.39 is 23.3 Å². The standard InChI is InChI=1S/C25H23F2N5O2/c26-21-8-17(9-22(27)24(21)33)25(34)30-10-15-1-4-20(5-2-15)32-13-18-7-16(3-6-23(18)31-32)19-11-28-14-29-12-19/h3,6-9,11-15,20,33H,1-2,4-5,10H2,(H,30,34). The van der Waals surface area contributed by atoms with E-state index >= 15 is 0 Å². The number of aromatic hydroxyl groups is 1. The van der Waals surface area contributed by atoms with E-state index in [0.29, 0.717) is 6.54 Å². The van der Waals surface area contributed by atoms with Crippen molar-refractivity contribution in [3.8, 4) is 16.9 Å². The Morgan fingerprint density at radius 3 is 2.44 bits per heavy atom. The molecule has 2 aromatic carbocycles. The molecule has 9 heteroatoms. The zero-order chi connectivity index (χ0) is 23.7. The van der Waals surface area contributed by atoms with E-state index in [4.69, 9.17) is 5.10 Å². The predicted molar refractivity (Wildman–Crippen MR) is 122 cm³/mol. The fraction of sp³-hybridized carbons (Fsp3) is 0.280. The van der Waals surface area contributed by atoms with Gasteiger partial charge in [-0.25, -0.2) is 18.7 Å². The molecule has 174 valence electrons. The van der Waals surface area contributed by atoms with Gasteiger partial charge in [-0.2, -0.15) is 5.10 Å². The summed E-state index contributed by atoms with van der Waals surface area (Å²) in [6.07, 6.45) is 10.8. The van der Waals surface area contributed by atoms with Crippen LogP contribution in [0.5, 0.6) is 5.75 Å². The Labute approximate surface area is 194 Å². The molecule has 2 N–H and O–H groups in total. The van der Waals surface area contributed by atoms with Crippen LogP contribution in [0.2, 0.25) is 0 Å². The Bertz CT molecular complexity index is 1310. The van der Waals surface area contributed by atoms with E-state index in [-0.39, 0.29) is 17.5 Å². The van der Waals surface area contributed by atoms with Gasteiger partial charge in [0.1, 0.15) is 6.33 Å². The maximum absolute atomic E-state index is 13.5. The smallest absolute Gasteiger partial charge is 0.251 e. The first kappa shape index (κ1) is 21.9. The number of benzene rings is 2. The van der Waals surface area contributed by atoms with Crippen molar-refractivity contribution in [3.05, 3.63) is 72.4 Å². The highest BCUT2D eigenvalue weighted by Crippen LogP contribution is 2.33. The summed E-state index contributed by atoms with van der Waals surface area (Å²) in [6, 6.07) is 8.07. The number of carbonyl (C=O) groups excluding carboxylic acids is 1. The Balaban J connectivity index is 1.18. The maximum Gasteiger partial charge on any atom is 0.251 e. The number of hydrogen-bond donors (Lipinski definition) is 2. The van der Waals surface area contributed by atoms with Gasteiger partial charge in [-0.1, -0.05) is 6.07 Å². The number of nitrogens with one attached hydrogen (secondary N) is 1. The second-order valence-electron chi connectivity index (χ2n) is 8.68. The van der Waals surface area contributed by atoms with Crippen LogP contribution >= 0.6 is 0 Å². The Morgan fingerprint density at radius 1 is 1.03 bits per heavy atom. The van der Waals surface area contributed by atoms with E-state index in [0.717, 1.165) is 59.8 Å². The zero-order valence-corrected chi connectivity index (χ0v) is 18.3. The number of aromatic nitrogens is 4. The van der Waals surface area contributed by atoms with Crippen LogP contribution < -0.4 is 5.32 Å². The molecule has 34 heavy (non-hydrogen) atoms. The van der Waals surface area contributed by atoms with E-state index in [1.807, 2.05) is 16.8 Å². The number of rotatable bonds is 5. The van der Waals surface area contributed by atoms with Crippen molar-refractivity contribution in [2.24, 2.45) is 5.92 Å². The molecule has 1 amide bonds. The number of phenolic OH excluding ortho intramolecular Hbond substituents is 1. The largest absolute Gasteiger partial charge is 0.503 e. The van der Waals surface area contributed by atoms with Crippen LogP contribution in [-0.2, 0) is 0 Å². The number of hydrogen-bond acceptors (Lipinski definition) is 5. The quantitative estimate of drug-likeness (QED) is 0.450. The highest BCUT2D eigenvalue weighted by Gasteiger charge is 2.24. The Kier molecular flexibility index (Phi) is 5.91. The lowest BCUT2D eigenvalue weighted by Crippen LogP contribution is -2.31. The second kappa shape index (κ2) is 9.17. The number of amides is 1. The van der Waals surface area contributed by atoms with Gasteiger partial charge in [0.25, 0.3) is 5.91 Å². The minimum atomic E-state index is -1.15. The van der Waals surface area contributed by atoms with Gasteiger partial charge in [0, 0.05) is 41.6 Å². The van der Waals surface area contributed by atoms with Crippen molar-refractivity contribution >= 4 is 16.8 Å². The molecule has 2 heterocycles. The van der Waals surface area contributed by atoms with Crippen molar-refractivity contribution in [2.45, 2.75) is 31.7 Å². The average Bonchev–Trinajstić information content (AvgIpc) is 3.30. The predicted octanol–water partition coefficient (Wildman–Crippen LogP) is 4.64. The molecule has 0 unspecified atom stereocenters. The number of fused-ring (bicyclic) bond motifs is 1. The summed E-state index contributed by atoms with van der Waals surface area (Å²) >= 11 is 0. The summed E-state index contributed by atoms with van der Waals surface area (Å²) in [7, 11) is 0. The molecular weight excluding hydrogens is 440 g/mol. The van der Waals surface area contributed by atoms with Crippen LogP contribution in [0.3, 0.4) is 0 Å². The molecule has 4 aromatic rings. The summed E-state index contributed by atoms with van der Waals surface area (Å²) < 4.78 is 29.0. The summed E-state index contributed by atoms with van der Waals surface area (Å²) in [5.41, 5.74) is 2.78. The van der Waals surface area contributed by atoms with E-state index in [1.165, 1.54) is 6.33 Å². The fourth-order valence-electron chi connectivity index (χ4n) is 4.51. The molecule has 0 aliphatic heterocycles. The first-order valence-corrected chi connectivity index (χ1v) is 11.2. The van der Waals surface area contributed by atoms with Crippen LogP contribution in [0.15, 0.2) is 55.2 Å². The Hall–Kier alpha value is -3.88. The molecular formula is C25H23F2N5O2. The molecule has 0 spiro atoms. The molecule has 7 nitrogen and oxygen atoms in total. The van der Waals surface area contributed by atoms with Crippen molar-refractivity contribution in [1.82, 2.24) is 25.1 Å². The van der Waals surface area contributed by atoms with Gasteiger partial charge in [-0.05, 0) is 61.4 Å². The van der Waals surface area contributed by atoms with Crippen LogP contribution in [0.25, 0.3) is 22.0 Å². The molecule has 1 fully saturated rings. The topological polar surface area (TPSA) is 92.9 Å². The molecule has 2 aromatic heterocycles. The molecule has 0 saturated heterocycles. The van der Waals surface area contributed by atoms with E-state index in [1.54, 1.807) is 12.4 Å². The normalized spacial score (nSPS) is 18.2. The lowest BCUT2D eigenvalue weighted by atomic mass is 9.86. The molecule has 5 rings (SSSR count). The molecule has 1 saturated carbocycles. The second-order valence-corrected chi connectivity index (χ2v) is 8.68.